The minimum Gasteiger partial charge on any atom is -0.497 e. The maximum Gasteiger partial charge on any atom is 0.200 e. The Labute approximate surface area is 75.9 Å². The summed E-state index contributed by atoms with van der Waals surface area (Å²) in [6, 6.07) is 8.17. The van der Waals surface area contributed by atoms with E-state index in [2.05, 4.69) is 0 Å². The third kappa shape index (κ3) is 2.60. The molecular formula is C10H8FNO. The zero-order valence-electron chi connectivity index (χ0n) is 7.12. The highest BCUT2D eigenvalue weighted by atomic mass is 19.1. The van der Waals surface area contributed by atoms with Crippen LogP contribution in [0.2, 0.25) is 0 Å². The summed E-state index contributed by atoms with van der Waals surface area (Å²) in [4.78, 5) is 0. The summed E-state index contributed by atoms with van der Waals surface area (Å²) in [5.41, 5.74) is 0.639. The monoisotopic (exact) mass is 177 g/mol. The first-order chi connectivity index (χ1) is 6.26. The van der Waals surface area contributed by atoms with Crippen molar-refractivity contribution in [1.82, 2.24) is 0 Å². The van der Waals surface area contributed by atoms with Crippen molar-refractivity contribution >= 4 is 6.08 Å². The minimum absolute atomic E-state index is 0.639. The second-order valence-electron chi connectivity index (χ2n) is 2.38. The number of allylic oxidation sites excluding steroid dienone is 1. The Hall–Kier alpha value is -1.82. The van der Waals surface area contributed by atoms with Crippen LogP contribution in [0.15, 0.2) is 30.1 Å². The standard InChI is InChI=1S/C10H8FNO/c1-13-10-4-2-8(3-5-10)6-9(11)7-12/h2-6H,1H3/b9-6-. The van der Waals surface area contributed by atoms with Crippen molar-refractivity contribution in [1.29, 1.82) is 5.26 Å². The maximum absolute atomic E-state index is 12.5. The molecule has 3 heteroatoms. The Morgan fingerprint density at radius 3 is 2.54 bits per heavy atom. The van der Waals surface area contributed by atoms with E-state index in [0.29, 0.717) is 11.3 Å². The summed E-state index contributed by atoms with van der Waals surface area (Å²) in [6.07, 6.45) is 1.17. The van der Waals surface area contributed by atoms with Crippen LogP contribution in [0.1, 0.15) is 5.56 Å². The van der Waals surface area contributed by atoms with Gasteiger partial charge in [-0.2, -0.15) is 9.65 Å². The van der Waals surface area contributed by atoms with Crippen LogP contribution in [0.3, 0.4) is 0 Å². The molecule has 0 aromatic heterocycles. The number of nitrogens with zero attached hydrogens (tertiary/aromatic N) is 1. The molecule has 0 amide bonds. The van der Waals surface area contributed by atoms with E-state index in [1.165, 1.54) is 12.1 Å². The van der Waals surface area contributed by atoms with Crippen LogP contribution in [0.5, 0.6) is 5.75 Å². The highest BCUT2D eigenvalue weighted by Gasteiger charge is 1.93. The summed E-state index contributed by atoms with van der Waals surface area (Å²) in [7, 11) is 1.56. The molecule has 0 radical (unpaired) electrons. The molecule has 0 heterocycles. The van der Waals surface area contributed by atoms with Crippen LogP contribution in [0.4, 0.5) is 4.39 Å². The fourth-order valence-electron chi connectivity index (χ4n) is 0.879. The van der Waals surface area contributed by atoms with Crippen molar-refractivity contribution in [2.75, 3.05) is 7.11 Å². The predicted octanol–water partition coefficient (Wildman–Crippen LogP) is 2.53. The van der Waals surface area contributed by atoms with Gasteiger partial charge in [-0.3, -0.25) is 0 Å². The summed E-state index contributed by atoms with van der Waals surface area (Å²) >= 11 is 0. The van der Waals surface area contributed by atoms with Gasteiger partial charge in [0.25, 0.3) is 0 Å². The molecular weight excluding hydrogens is 169 g/mol. The Morgan fingerprint density at radius 1 is 1.46 bits per heavy atom. The molecule has 0 saturated carbocycles. The molecule has 0 unspecified atom stereocenters. The van der Waals surface area contributed by atoms with Crippen LogP contribution < -0.4 is 4.74 Å². The first kappa shape index (κ1) is 9.27. The number of rotatable bonds is 2. The molecule has 0 atom stereocenters. The summed E-state index contributed by atoms with van der Waals surface area (Å²) < 4.78 is 17.4. The van der Waals surface area contributed by atoms with E-state index in [-0.39, 0.29) is 0 Å². The van der Waals surface area contributed by atoms with Crippen molar-refractivity contribution in [2.45, 2.75) is 0 Å². The largest absolute Gasteiger partial charge is 0.497 e. The summed E-state index contributed by atoms with van der Waals surface area (Å²) in [5.74, 6) is -0.0975. The zero-order valence-corrected chi connectivity index (χ0v) is 7.12. The highest BCUT2D eigenvalue weighted by Crippen LogP contribution is 2.13. The Morgan fingerprint density at radius 2 is 2.08 bits per heavy atom. The number of benzene rings is 1. The zero-order chi connectivity index (χ0) is 9.68. The highest BCUT2D eigenvalue weighted by molar-refractivity contribution is 5.55. The normalized spacial score (nSPS) is 10.7. The van der Waals surface area contributed by atoms with Crippen molar-refractivity contribution in [3.05, 3.63) is 35.7 Å². The number of hydrogen-bond acceptors (Lipinski definition) is 2. The number of methoxy groups -OCH3 is 1. The quantitative estimate of drug-likeness (QED) is 0.650. The molecule has 0 aliphatic rings. The topological polar surface area (TPSA) is 33.0 Å². The molecule has 0 spiro atoms. The van der Waals surface area contributed by atoms with Gasteiger partial charge in [0.15, 0.2) is 0 Å². The lowest BCUT2D eigenvalue weighted by molar-refractivity contribution is 0.415. The molecule has 13 heavy (non-hydrogen) atoms. The van der Waals surface area contributed by atoms with Crippen LogP contribution in [0, 0.1) is 11.3 Å². The van der Waals surface area contributed by atoms with Gasteiger partial charge in [0.1, 0.15) is 11.8 Å². The van der Waals surface area contributed by atoms with Crippen LogP contribution in [0.25, 0.3) is 6.08 Å². The van der Waals surface area contributed by atoms with Gasteiger partial charge < -0.3 is 4.74 Å². The van der Waals surface area contributed by atoms with Gasteiger partial charge in [-0.25, -0.2) is 0 Å². The van der Waals surface area contributed by atoms with E-state index in [9.17, 15) is 4.39 Å². The van der Waals surface area contributed by atoms with Gasteiger partial charge in [-0.15, -0.1) is 0 Å². The van der Waals surface area contributed by atoms with Gasteiger partial charge in [0.05, 0.1) is 7.11 Å². The third-order valence-electron chi connectivity index (χ3n) is 1.52. The van der Waals surface area contributed by atoms with Gasteiger partial charge in [0.2, 0.25) is 5.83 Å². The van der Waals surface area contributed by atoms with E-state index in [1.807, 2.05) is 0 Å². The molecule has 1 aromatic rings. The van der Waals surface area contributed by atoms with Crippen LogP contribution in [-0.2, 0) is 0 Å². The molecule has 0 bridgehead atoms. The van der Waals surface area contributed by atoms with Crippen LogP contribution >= 0.6 is 0 Å². The lowest BCUT2D eigenvalue weighted by atomic mass is 10.2. The van der Waals surface area contributed by atoms with Crippen LogP contribution in [-0.4, -0.2) is 7.11 Å². The van der Waals surface area contributed by atoms with Crippen molar-refractivity contribution in [2.24, 2.45) is 0 Å². The molecule has 0 saturated heterocycles. The molecule has 0 aliphatic carbocycles. The van der Waals surface area contributed by atoms with Gasteiger partial charge in [-0.05, 0) is 23.8 Å². The molecule has 0 N–H and O–H groups in total. The number of hydrogen-bond donors (Lipinski definition) is 0. The van der Waals surface area contributed by atoms with E-state index in [1.54, 1.807) is 31.4 Å². The first-order valence-electron chi connectivity index (χ1n) is 3.67. The molecule has 2 nitrogen and oxygen atoms in total. The maximum atomic E-state index is 12.5. The molecule has 66 valence electrons. The second kappa shape index (κ2) is 4.27. The third-order valence-corrected chi connectivity index (χ3v) is 1.52. The lowest BCUT2D eigenvalue weighted by Crippen LogP contribution is -1.81. The molecule has 1 rings (SSSR count). The lowest BCUT2D eigenvalue weighted by Gasteiger charge is -1.98. The smallest absolute Gasteiger partial charge is 0.200 e. The Kier molecular flexibility index (Phi) is 3.04. The Balaban J connectivity index is 2.88. The molecule has 0 fully saturated rings. The molecule has 1 aromatic carbocycles. The van der Waals surface area contributed by atoms with Crippen molar-refractivity contribution in [3.8, 4) is 11.8 Å². The average molecular weight is 177 g/mol. The predicted molar refractivity (Wildman–Crippen MR) is 47.7 cm³/mol. The van der Waals surface area contributed by atoms with Crippen molar-refractivity contribution in [3.63, 3.8) is 0 Å². The van der Waals surface area contributed by atoms with E-state index in [4.69, 9.17) is 10.00 Å². The minimum atomic E-state index is -0.801. The SMILES string of the molecule is COc1ccc(/C=C(\F)C#N)cc1. The molecule has 0 aliphatic heterocycles. The van der Waals surface area contributed by atoms with Gasteiger partial charge in [0, 0.05) is 0 Å². The van der Waals surface area contributed by atoms with E-state index >= 15 is 0 Å². The number of ether oxygens (including phenoxy) is 1. The van der Waals surface area contributed by atoms with Crippen molar-refractivity contribution < 1.29 is 9.13 Å². The fourth-order valence-corrected chi connectivity index (χ4v) is 0.879. The van der Waals surface area contributed by atoms with E-state index < -0.39 is 5.83 Å². The van der Waals surface area contributed by atoms with E-state index in [0.717, 1.165) is 0 Å². The summed E-state index contributed by atoms with van der Waals surface area (Å²) in [6.45, 7) is 0. The van der Waals surface area contributed by atoms with Gasteiger partial charge >= 0.3 is 0 Å². The van der Waals surface area contributed by atoms with Gasteiger partial charge in [-0.1, -0.05) is 12.1 Å². The first-order valence-corrected chi connectivity index (χ1v) is 3.67. The fraction of sp³-hybridized carbons (Fsp3) is 0.100. The number of nitriles is 1. The number of halogens is 1. The summed E-state index contributed by atoms with van der Waals surface area (Å²) in [5, 5.41) is 8.18. The average Bonchev–Trinajstić information content (AvgIpc) is 2.19. The Bertz CT molecular complexity index is 348. The second-order valence-corrected chi connectivity index (χ2v) is 2.38.